The summed E-state index contributed by atoms with van der Waals surface area (Å²) in [5, 5.41) is 7.55. The number of thiocarbonyl (C=S) groups is 1. The van der Waals surface area contributed by atoms with Crippen LogP contribution < -0.4 is 10.7 Å². The predicted octanol–water partition coefficient (Wildman–Crippen LogP) is 1.29. The SMILES string of the molecule is COCCCNC(=S)N/N=C/c1cc(C)ns1. The van der Waals surface area contributed by atoms with Gasteiger partial charge in [0.05, 0.1) is 16.8 Å². The average molecular weight is 272 g/mol. The number of ether oxygens (including phenoxy) is 1. The molecule has 0 spiro atoms. The lowest BCUT2D eigenvalue weighted by molar-refractivity contribution is 0.195. The first-order valence-corrected chi connectivity index (χ1v) is 6.39. The van der Waals surface area contributed by atoms with E-state index in [-0.39, 0.29) is 0 Å². The molecule has 94 valence electrons. The molecule has 0 atom stereocenters. The van der Waals surface area contributed by atoms with E-state index in [9.17, 15) is 0 Å². The Hall–Kier alpha value is -1.05. The van der Waals surface area contributed by atoms with E-state index < -0.39 is 0 Å². The van der Waals surface area contributed by atoms with Crippen LogP contribution in [0.15, 0.2) is 11.2 Å². The zero-order valence-electron chi connectivity index (χ0n) is 9.90. The van der Waals surface area contributed by atoms with Crippen molar-refractivity contribution < 1.29 is 4.74 Å². The Labute approximate surface area is 110 Å². The topological polar surface area (TPSA) is 58.5 Å². The van der Waals surface area contributed by atoms with Crippen LogP contribution >= 0.6 is 23.8 Å². The second-order valence-corrected chi connectivity index (χ2v) is 4.59. The van der Waals surface area contributed by atoms with Crippen LogP contribution in [-0.4, -0.2) is 36.0 Å². The fourth-order valence-corrected chi connectivity index (χ4v) is 1.84. The highest BCUT2D eigenvalue weighted by Gasteiger charge is 1.94. The van der Waals surface area contributed by atoms with Gasteiger partial charge in [0.2, 0.25) is 0 Å². The largest absolute Gasteiger partial charge is 0.385 e. The molecule has 0 unspecified atom stereocenters. The molecule has 0 bridgehead atoms. The van der Waals surface area contributed by atoms with E-state index in [1.807, 2.05) is 13.0 Å². The van der Waals surface area contributed by atoms with Gasteiger partial charge in [-0.25, -0.2) is 0 Å². The Morgan fingerprint density at radius 1 is 1.71 bits per heavy atom. The van der Waals surface area contributed by atoms with Gasteiger partial charge in [0.1, 0.15) is 0 Å². The molecule has 7 heteroatoms. The summed E-state index contributed by atoms with van der Waals surface area (Å²) in [7, 11) is 1.68. The van der Waals surface area contributed by atoms with Crippen molar-refractivity contribution in [3.8, 4) is 0 Å². The van der Waals surface area contributed by atoms with Gasteiger partial charge in [-0.3, -0.25) is 5.43 Å². The summed E-state index contributed by atoms with van der Waals surface area (Å²) >= 11 is 6.44. The normalized spacial score (nSPS) is 10.7. The molecule has 0 aliphatic heterocycles. The molecule has 0 saturated heterocycles. The zero-order valence-corrected chi connectivity index (χ0v) is 11.5. The van der Waals surface area contributed by atoms with Crippen LogP contribution in [0.5, 0.6) is 0 Å². The summed E-state index contributed by atoms with van der Waals surface area (Å²) in [6.07, 6.45) is 2.61. The van der Waals surface area contributed by atoms with Crippen LogP contribution in [0.4, 0.5) is 0 Å². The fraction of sp³-hybridized carbons (Fsp3) is 0.500. The first-order valence-electron chi connectivity index (χ1n) is 5.21. The third-order valence-electron chi connectivity index (χ3n) is 1.81. The van der Waals surface area contributed by atoms with Gasteiger partial charge in [0, 0.05) is 20.3 Å². The fourth-order valence-electron chi connectivity index (χ4n) is 1.06. The first kappa shape index (κ1) is 14.0. The Morgan fingerprint density at radius 2 is 2.53 bits per heavy atom. The van der Waals surface area contributed by atoms with Crippen molar-refractivity contribution in [1.29, 1.82) is 0 Å². The van der Waals surface area contributed by atoms with E-state index in [1.165, 1.54) is 11.5 Å². The van der Waals surface area contributed by atoms with Crippen molar-refractivity contribution >= 4 is 35.1 Å². The van der Waals surface area contributed by atoms with Gasteiger partial charge in [-0.05, 0) is 43.2 Å². The molecule has 1 aromatic rings. The molecule has 0 radical (unpaired) electrons. The van der Waals surface area contributed by atoms with Crippen molar-refractivity contribution in [3.05, 3.63) is 16.6 Å². The highest BCUT2D eigenvalue weighted by molar-refractivity contribution is 7.80. The van der Waals surface area contributed by atoms with E-state index >= 15 is 0 Å². The molecular weight excluding hydrogens is 256 g/mol. The number of aromatic nitrogens is 1. The molecule has 1 heterocycles. The third kappa shape index (κ3) is 6.30. The quantitative estimate of drug-likeness (QED) is 0.354. The van der Waals surface area contributed by atoms with Crippen molar-refractivity contribution in [1.82, 2.24) is 15.1 Å². The molecule has 0 saturated carbocycles. The molecule has 1 aromatic heterocycles. The molecule has 0 fully saturated rings. The van der Waals surface area contributed by atoms with E-state index in [4.69, 9.17) is 17.0 Å². The van der Waals surface area contributed by atoms with Crippen LogP contribution in [0.25, 0.3) is 0 Å². The van der Waals surface area contributed by atoms with Crippen molar-refractivity contribution in [2.75, 3.05) is 20.3 Å². The van der Waals surface area contributed by atoms with Gasteiger partial charge in [-0.1, -0.05) is 0 Å². The molecule has 17 heavy (non-hydrogen) atoms. The van der Waals surface area contributed by atoms with E-state index in [0.717, 1.165) is 30.1 Å². The van der Waals surface area contributed by atoms with Gasteiger partial charge in [-0.2, -0.15) is 9.47 Å². The summed E-state index contributed by atoms with van der Waals surface area (Å²) in [6, 6.07) is 1.96. The molecule has 0 amide bonds. The van der Waals surface area contributed by atoms with E-state index in [0.29, 0.717) is 5.11 Å². The number of nitrogens with one attached hydrogen (secondary N) is 2. The van der Waals surface area contributed by atoms with Crippen LogP contribution in [0, 0.1) is 6.92 Å². The highest BCUT2D eigenvalue weighted by atomic mass is 32.1. The second kappa shape index (κ2) is 8.10. The molecule has 5 nitrogen and oxygen atoms in total. The van der Waals surface area contributed by atoms with E-state index in [2.05, 4.69) is 20.2 Å². The van der Waals surface area contributed by atoms with Gasteiger partial charge < -0.3 is 10.1 Å². The smallest absolute Gasteiger partial charge is 0.186 e. The van der Waals surface area contributed by atoms with Crippen molar-refractivity contribution in [3.63, 3.8) is 0 Å². The summed E-state index contributed by atoms with van der Waals surface area (Å²) in [4.78, 5) is 0.997. The maximum absolute atomic E-state index is 5.04. The Morgan fingerprint density at radius 3 is 3.18 bits per heavy atom. The Bertz CT molecular complexity index is 378. The van der Waals surface area contributed by atoms with Gasteiger partial charge >= 0.3 is 0 Å². The van der Waals surface area contributed by atoms with Crippen LogP contribution in [0.1, 0.15) is 17.0 Å². The van der Waals surface area contributed by atoms with Crippen LogP contribution in [0.3, 0.4) is 0 Å². The predicted molar refractivity (Wildman–Crippen MR) is 74.7 cm³/mol. The minimum atomic E-state index is 0.513. The average Bonchev–Trinajstić information content (AvgIpc) is 2.71. The molecule has 2 N–H and O–H groups in total. The molecule has 0 aliphatic carbocycles. The summed E-state index contributed by atoms with van der Waals surface area (Å²) in [5.74, 6) is 0. The Kier molecular flexibility index (Phi) is 6.68. The Balaban J connectivity index is 2.17. The number of rotatable bonds is 6. The molecule has 0 aromatic carbocycles. The molecule has 1 rings (SSSR count). The number of methoxy groups -OCH3 is 1. The summed E-state index contributed by atoms with van der Waals surface area (Å²) in [6.45, 7) is 3.44. The van der Waals surface area contributed by atoms with E-state index in [1.54, 1.807) is 13.3 Å². The van der Waals surface area contributed by atoms with Gasteiger partial charge in [0.15, 0.2) is 5.11 Å². The lowest BCUT2D eigenvalue weighted by Gasteiger charge is -2.05. The maximum atomic E-state index is 5.04. The highest BCUT2D eigenvalue weighted by Crippen LogP contribution is 2.05. The summed E-state index contributed by atoms with van der Waals surface area (Å²) < 4.78 is 9.07. The number of aryl methyl sites for hydroxylation is 1. The van der Waals surface area contributed by atoms with Gasteiger partial charge in [0.25, 0.3) is 0 Å². The molecule has 0 aliphatic rings. The van der Waals surface area contributed by atoms with Gasteiger partial charge in [-0.15, -0.1) is 0 Å². The number of hydrogen-bond acceptors (Lipinski definition) is 5. The first-order chi connectivity index (χ1) is 8.22. The third-order valence-corrected chi connectivity index (χ3v) is 2.86. The number of nitrogens with zero attached hydrogens (tertiary/aromatic N) is 2. The maximum Gasteiger partial charge on any atom is 0.186 e. The van der Waals surface area contributed by atoms with Crippen molar-refractivity contribution in [2.24, 2.45) is 5.10 Å². The minimum Gasteiger partial charge on any atom is -0.385 e. The standard InChI is InChI=1S/C10H16N4OS2/c1-8-6-9(17-14-8)7-12-13-10(16)11-4-3-5-15-2/h6-7H,3-5H2,1-2H3,(H2,11,13,16)/b12-7+. The second-order valence-electron chi connectivity index (χ2n) is 3.34. The number of hydrogen-bond donors (Lipinski definition) is 2. The zero-order chi connectivity index (χ0) is 12.5. The van der Waals surface area contributed by atoms with Crippen LogP contribution in [0.2, 0.25) is 0 Å². The lowest BCUT2D eigenvalue weighted by atomic mass is 10.4. The van der Waals surface area contributed by atoms with Crippen LogP contribution in [-0.2, 0) is 4.74 Å². The number of hydrazone groups is 1. The minimum absolute atomic E-state index is 0.513. The molecular formula is C10H16N4OS2. The lowest BCUT2D eigenvalue weighted by Crippen LogP contribution is -2.33. The monoisotopic (exact) mass is 272 g/mol. The van der Waals surface area contributed by atoms with Crippen molar-refractivity contribution in [2.45, 2.75) is 13.3 Å². The summed E-state index contributed by atoms with van der Waals surface area (Å²) in [5.41, 5.74) is 3.74.